The molecular weight excluding hydrogens is 156 g/mol. The standard InChI is InChI=1S/2C4H11NO/c2*1-2-4(5)3-6/h2*4,6H,2-3,5H2,1H3. The van der Waals surface area contributed by atoms with Gasteiger partial charge in [0.1, 0.15) is 0 Å². The number of rotatable bonds is 4. The molecule has 4 heteroatoms. The monoisotopic (exact) mass is 178 g/mol. The predicted molar refractivity (Wildman–Crippen MR) is 50.7 cm³/mol. The van der Waals surface area contributed by atoms with Crippen LogP contribution in [-0.4, -0.2) is 35.5 Å². The van der Waals surface area contributed by atoms with E-state index < -0.39 is 0 Å². The molecule has 0 rings (SSSR count). The van der Waals surface area contributed by atoms with Crippen LogP contribution >= 0.6 is 0 Å². The van der Waals surface area contributed by atoms with Crippen molar-refractivity contribution in [1.82, 2.24) is 0 Å². The zero-order chi connectivity index (χ0) is 9.98. The lowest BCUT2D eigenvalue weighted by molar-refractivity contribution is 0.263. The zero-order valence-electron chi connectivity index (χ0n) is 8.03. The first-order valence-electron chi connectivity index (χ1n) is 4.35. The van der Waals surface area contributed by atoms with Crippen LogP contribution in [0.4, 0.5) is 0 Å². The average Bonchev–Trinajstić information content (AvgIpc) is 2.16. The van der Waals surface area contributed by atoms with Crippen LogP contribution in [0.25, 0.3) is 0 Å². The van der Waals surface area contributed by atoms with E-state index in [2.05, 4.69) is 0 Å². The summed E-state index contributed by atoms with van der Waals surface area (Å²) in [5.41, 5.74) is 10.4. The van der Waals surface area contributed by atoms with Crippen molar-refractivity contribution in [2.75, 3.05) is 13.2 Å². The lowest BCUT2D eigenvalue weighted by atomic mass is 10.3. The number of hydrogen-bond acceptors (Lipinski definition) is 4. The largest absolute Gasteiger partial charge is 0.395 e. The van der Waals surface area contributed by atoms with Gasteiger partial charge in [0.15, 0.2) is 0 Å². The number of aliphatic hydroxyl groups excluding tert-OH is 2. The van der Waals surface area contributed by atoms with Crippen molar-refractivity contribution in [2.24, 2.45) is 11.5 Å². The third kappa shape index (κ3) is 12.5. The van der Waals surface area contributed by atoms with Gasteiger partial charge in [0.2, 0.25) is 0 Å². The van der Waals surface area contributed by atoms with Crippen molar-refractivity contribution in [1.29, 1.82) is 0 Å². The Balaban J connectivity index is 0. The SMILES string of the molecule is CCC(N)CO.CCC(N)CO. The molecular formula is C8H22N2O2. The van der Waals surface area contributed by atoms with Crippen molar-refractivity contribution in [3.05, 3.63) is 0 Å². The summed E-state index contributed by atoms with van der Waals surface area (Å²) >= 11 is 0. The molecule has 4 nitrogen and oxygen atoms in total. The van der Waals surface area contributed by atoms with E-state index in [1.165, 1.54) is 0 Å². The van der Waals surface area contributed by atoms with E-state index in [1.54, 1.807) is 0 Å². The molecule has 0 aromatic heterocycles. The second-order valence-electron chi connectivity index (χ2n) is 2.70. The topological polar surface area (TPSA) is 92.5 Å². The number of aliphatic hydroxyl groups is 2. The van der Waals surface area contributed by atoms with Crippen LogP contribution in [0.5, 0.6) is 0 Å². The zero-order valence-corrected chi connectivity index (χ0v) is 8.03. The van der Waals surface area contributed by atoms with E-state index in [9.17, 15) is 0 Å². The molecule has 6 N–H and O–H groups in total. The van der Waals surface area contributed by atoms with Crippen molar-refractivity contribution in [2.45, 2.75) is 38.8 Å². The first-order valence-corrected chi connectivity index (χ1v) is 4.35. The molecule has 0 radical (unpaired) electrons. The van der Waals surface area contributed by atoms with Crippen LogP contribution < -0.4 is 11.5 Å². The van der Waals surface area contributed by atoms with Crippen LogP contribution in [0, 0.1) is 0 Å². The lowest BCUT2D eigenvalue weighted by Crippen LogP contribution is -2.22. The fraction of sp³-hybridized carbons (Fsp3) is 1.00. The smallest absolute Gasteiger partial charge is 0.0582 e. The molecule has 0 spiro atoms. The quantitative estimate of drug-likeness (QED) is 0.464. The van der Waals surface area contributed by atoms with Gasteiger partial charge in [0.05, 0.1) is 13.2 Å². The maximum absolute atomic E-state index is 8.21. The Kier molecular flexibility index (Phi) is 13.0. The summed E-state index contributed by atoms with van der Waals surface area (Å²) < 4.78 is 0. The van der Waals surface area contributed by atoms with Crippen LogP contribution in [0.3, 0.4) is 0 Å². The maximum Gasteiger partial charge on any atom is 0.0582 e. The molecule has 2 atom stereocenters. The molecule has 0 aromatic rings. The van der Waals surface area contributed by atoms with Crippen molar-refractivity contribution < 1.29 is 10.2 Å². The summed E-state index contributed by atoms with van der Waals surface area (Å²) in [6.45, 7) is 4.11. The Hall–Kier alpha value is -0.160. The highest BCUT2D eigenvalue weighted by Crippen LogP contribution is 1.79. The summed E-state index contributed by atoms with van der Waals surface area (Å²) in [5, 5.41) is 16.4. The van der Waals surface area contributed by atoms with E-state index in [4.69, 9.17) is 21.7 Å². The molecule has 0 aliphatic rings. The van der Waals surface area contributed by atoms with Gasteiger partial charge in [-0.3, -0.25) is 0 Å². The molecule has 0 aromatic carbocycles. The summed E-state index contributed by atoms with van der Waals surface area (Å²) in [5.74, 6) is 0. The van der Waals surface area contributed by atoms with Crippen LogP contribution in [0.2, 0.25) is 0 Å². The number of hydrogen-bond donors (Lipinski definition) is 4. The highest BCUT2D eigenvalue weighted by atomic mass is 16.3. The van der Waals surface area contributed by atoms with E-state index in [-0.39, 0.29) is 25.3 Å². The van der Waals surface area contributed by atoms with Gasteiger partial charge < -0.3 is 21.7 Å². The Morgan fingerprint density at radius 2 is 1.17 bits per heavy atom. The summed E-state index contributed by atoms with van der Waals surface area (Å²) in [7, 11) is 0. The second-order valence-corrected chi connectivity index (χ2v) is 2.70. The molecule has 2 unspecified atom stereocenters. The Morgan fingerprint density at radius 1 is 0.917 bits per heavy atom. The first kappa shape index (κ1) is 14.4. The molecule has 0 fully saturated rings. The third-order valence-corrected chi connectivity index (χ3v) is 1.52. The predicted octanol–water partition coefficient (Wildman–Crippen LogP) is -0.568. The summed E-state index contributed by atoms with van der Waals surface area (Å²) in [6, 6.07) is -0.0185. The summed E-state index contributed by atoms with van der Waals surface area (Å²) in [6.07, 6.45) is 1.72. The molecule has 0 saturated carbocycles. The molecule has 12 heavy (non-hydrogen) atoms. The first-order chi connectivity index (χ1) is 5.62. The lowest BCUT2D eigenvalue weighted by Gasteiger charge is -1.98. The molecule has 0 aliphatic heterocycles. The fourth-order valence-electron chi connectivity index (χ4n) is 0.258. The highest BCUT2D eigenvalue weighted by Gasteiger charge is 1.90. The molecule has 0 aliphatic carbocycles. The average molecular weight is 178 g/mol. The normalized spacial score (nSPS) is 14.5. The van der Waals surface area contributed by atoms with Crippen LogP contribution in [0.1, 0.15) is 26.7 Å². The molecule has 0 saturated heterocycles. The van der Waals surface area contributed by atoms with Crippen LogP contribution in [-0.2, 0) is 0 Å². The second kappa shape index (κ2) is 10.8. The van der Waals surface area contributed by atoms with Gasteiger partial charge in [-0.25, -0.2) is 0 Å². The Morgan fingerprint density at radius 3 is 1.17 bits per heavy atom. The van der Waals surface area contributed by atoms with Gasteiger partial charge >= 0.3 is 0 Å². The molecule has 0 heterocycles. The highest BCUT2D eigenvalue weighted by molar-refractivity contribution is 4.52. The van der Waals surface area contributed by atoms with Gasteiger partial charge in [0, 0.05) is 12.1 Å². The van der Waals surface area contributed by atoms with Gasteiger partial charge in [0.25, 0.3) is 0 Å². The molecule has 0 amide bonds. The Bertz CT molecular complexity index is 63.5. The Labute approximate surface area is 74.6 Å². The van der Waals surface area contributed by atoms with Gasteiger partial charge in [-0.2, -0.15) is 0 Å². The maximum atomic E-state index is 8.21. The van der Waals surface area contributed by atoms with Gasteiger partial charge in [-0.1, -0.05) is 13.8 Å². The van der Waals surface area contributed by atoms with Gasteiger partial charge in [-0.05, 0) is 12.8 Å². The van der Waals surface area contributed by atoms with Crippen molar-refractivity contribution >= 4 is 0 Å². The molecule has 0 bridgehead atoms. The van der Waals surface area contributed by atoms with E-state index in [0.29, 0.717) is 0 Å². The van der Waals surface area contributed by atoms with E-state index in [1.807, 2.05) is 13.8 Å². The minimum absolute atomic E-state index is 0.00926. The fourth-order valence-corrected chi connectivity index (χ4v) is 0.258. The van der Waals surface area contributed by atoms with Crippen molar-refractivity contribution in [3.8, 4) is 0 Å². The van der Waals surface area contributed by atoms with Crippen molar-refractivity contribution in [3.63, 3.8) is 0 Å². The van der Waals surface area contributed by atoms with Gasteiger partial charge in [-0.15, -0.1) is 0 Å². The summed E-state index contributed by atoms with van der Waals surface area (Å²) in [4.78, 5) is 0. The van der Waals surface area contributed by atoms with E-state index in [0.717, 1.165) is 12.8 Å². The molecule has 76 valence electrons. The third-order valence-electron chi connectivity index (χ3n) is 1.52. The minimum Gasteiger partial charge on any atom is -0.395 e. The van der Waals surface area contributed by atoms with E-state index >= 15 is 0 Å². The number of nitrogens with two attached hydrogens (primary N) is 2. The van der Waals surface area contributed by atoms with Crippen LogP contribution in [0.15, 0.2) is 0 Å². The minimum atomic E-state index is -0.00926.